The van der Waals surface area contributed by atoms with Crippen LogP contribution < -0.4 is 10.2 Å². The summed E-state index contributed by atoms with van der Waals surface area (Å²) in [5.74, 6) is 0.990. The Bertz CT molecular complexity index is 780. The standard InChI is InChI=1S/C20H26N4S.HI/c1-15-13-23-18(25-15)9-12-22-19(21-2)24-14-20(10-5-6-11-20)16-7-3-4-8-17(16)24;/h3-4,7-8,13H,5-6,9-12,14H2,1-2H3,(H,21,22);1H. The second kappa shape index (κ2) is 8.25. The molecule has 0 amide bonds. The van der Waals surface area contributed by atoms with Gasteiger partial charge in [-0.15, -0.1) is 35.3 Å². The number of aromatic nitrogens is 1. The van der Waals surface area contributed by atoms with Crippen molar-refractivity contribution in [2.45, 2.75) is 44.4 Å². The van der Waals surface area contributed by atoms with Gasteiger partial charge in [0.15, 0.2) is 5.96 Å². The van der Waals surface area contributed by atoms with Crippen molar-refractivity contribution in [2.75, 3.05) is 25.0 Å². The van der Waals surface area contributed by atoms with E-state index in [0.717, 1.165) is 25.5 Å². The number of nitrogens with zero attached hydrogens (tertiary/aromatic N) is 3. The molecule has 1 spiro atoms. The van der Waals surface area contributed by atoms with Crippen LogP contribution in [0.1, 0.15) is 41.1 Å². The Morgan fingerprint density at radius 1 is 1.31 bits per heavy atom. The van der Waals surface area contributed by atoms with E-state index in [9.17, 15) is 0 Å². The van der Waals surface area contributed by atoms with Gasteiger partial charge in [0.2, 0.25) is 0 Å². The first-order valence-electron chi connectivity index (χ1n) is 9.21. The molecule has 0 radical (unpaired) electrons. The highest BCUT2D eigenvalue weighted by atomic mass is 127. The number of halogens is 1. The smallest absolute Gasteiger partial charge is 0.198 e. The van der Waals surface area contributed by atoms with Crippen molar-refractivity contribution in [3.63, 3.8) is 0 Å². The van der Waals surface area contributed by atoms with Crippen molar-refractivity contribution in [1.82, 2.24) is 10.3 Å². The van der Waals surface area contributed by atoms with Gasteiger partial charge in [0, 0.05) is 48.7 Å². The third-order valence-corrected chi connectivity index (χ3v) is 6.52. The number of rotatable bonds is 3. The average Bonchev–Trinajstić information content (AvgIpc) is 3.34. The fourth-order valence-corrected chi connectivity index (χ4v) is 5.18. The molecule has 1 fully saturated rings. The van der Waals surface area contributed by atoms with Crippen LogP contribution in [-0.4, -0.2) is 31.1 Å². The highest BCUT2D eigenvalue weighted by Crippen LogP contribution is 2.50. The van der Waals surface area contributed by atoms with Crippen molar-refractivity contribution in [1.29, 1.82) is 0 Å². The number of para-hydroxylation sites is 1. The quantitative estimate of drug-likeness (QED) is 0.398. The Kier molecular flexibility index (Phi) is 6.22. The average molecular weight is 482 g/mol. The van der Waals surface area contributed by atoms with Crippen molar-refractivity contribution < 1.29 is 0 Å². The van der Waals surface area contributed by atoms with Gasteiger partial charge in [-0.25, -0.2) is 4.98 Å². The van der Waals surface area contributed by atoms with Crippen LogP contribution in [-0.2, 0) is 11.8 Å². The Labute approximate surface area is 177 Å². The van der Waals surface area contributed by atoms with Crippen LogP contribution in [0.4, 0.5) is 5.69 Å². The highest BCUT2D eigenvalue weighted by Gasteiger charge is 2.45. The van der Waals surface area contributed by atoms with Gasteiger partial charge >= 0.3 is 0 Å². The molecule has 26 heavy (non-hydrogen) atoms. The van der Waals surface area contributed by atoms with Crippen molar-refractivity contribution in [2.24, 2.45) is 4.99 Å². The molecule has 0 atom stereocenters. The van der Waals surface area contributed by atoms with Gasteiger partial charge in [-0.05, 0) is 31.4 Å². The number of guanidine groups is 1. The second-order valence-corrected chi connectivity index (χ2v) is 8.50. The molecule has 1 saturated carbocycles. The molecule has 2 heterocycles. The first-order chi connectivity index (χ1) is 12.2. The number of aliphatic imine (C=N–C) groups is 1. The third kappa shape index (κ3) is 3.63. The lowest BCUT2D eigenvalue weighted by Crippen LogP contribution is -2.44. The summed E-state index contributed by atoms with van der Waals surface area (Å²) in [6.07, 6.45) is 8.19. The summed E-state index contributed by atoms with van der Waals surface area (Å²) in [5, 5.41) is 4.75. The summed E-state index contributed by atoms with van der Waals surface area (Å²) in [5.41, 5.74) is 3.19. The van der Waals surface area contributed by atoms with Gasteiger partial charge in [0.05, 0.1) is 5.01 Å². The molecule has 1 aliphatic carbocycles. The van der Waals surface area contributed by atoms with Crippen LogP contribution in [0.25, 0.3) is 0 Å². The molecule has 6 heteroatoms. The molecule has 4 nitrogen and oxygen atoms in total. The van der Waals surface area contributed by atoms with Gasteiger partial charge in [0.1, 0.15) is 0 Å². The lowest BCUT2D eigenvalue weighted by Gasteiger charge is -2.26. The van der Waals surface area contributed by atoms with Gasteiger partial charge in [-0.1, -0.05) is 31.0 Å². The van der Waals surface area contributed by atoms with E-state index in [-0.39, 0.29) is 24.0 Å². The molecule has 1 N–H and O–H groups in total. The van der Waals surface area contributed by atoms with Crippen LogP contribution in [0.5, 0.6) is 0 Å². The summed E-state index contributed by atoms with van der Waals surface area (Å²) in [6, 6.07) is 8.90. The number of fused-ring (bicyclic) bond motifs is 2. The fourth-order valence-electron chi connectivity index (χ4n) is 4.39. The summed E-state index contributed by atoms with van der Waals surface area (Å²) < 4.78 is 0. The normalized spacial score (nSPS) is 18.1. The maximum atomic E-state index is 4.57. The van der Waals surface area contributed by atoms with Crippen LogP contribution in [0, 0.1) is 6.92 Å². The molecule has 140 valence electrons. The number of thiazole rings is 1. The van der Waals surface area contributed by atoms with E-state index >= 15 is 0 Å². The third-order valence-electron chi connectivity index (χ3n) is 5.55. The lowest BCUT2D eigenvalue weighted by molar-refractivity contribution is 0.478. The molecule has 1 aromatic heterocycles. The minimum Gasteiger partial charge on any atom is -0.356 e. The Morgan fingerprint density at radius 3 is 2.77 bits per heavy atom. The SMILES string of the molecule is CN=C(NCCc1ncc(C)s1)N1CC2(CCCC2)c2ccccc21.I. The van der Waals surface area contributed by atoms with Gasteiger partial charge in [0.25, 0.3) is 0 Å². The molecule has 1 aliphatic heterocycles. The molecular weight excluding hydrogens is 455 g/mol. The molecule has 2 aromatic rings. The van der Waals surface area contributed by atoms with E-state index in [0.29, 0.717) is 5.41 Å². The molecule has 0 bridgehead atoms. The minimum atomic E-state index is 0. The number of hydrogen-bond acceptors (Lipinski definition) is 3. The summed E-state index contributed by atoms with van der Waals surface area (Å²) in [4.78, 5) is 12.7. The largest absolute Gasteiger partial charge is 0.356 e. The molecule has 1 aromatic carbocycles. The molecule has 2 aliphatic rings. The fraction of sp³-hybridized carbons (Fsp3) is 0.500. The first-order valence-corrected chi connectivity index (χ1v) is 10.0. The highest BCUT2D eigenvalue weighted by molar-refractivity contribution is 14.0. The number of nitrogens with one attached hydrogen (secondary N) is 1. The Balaban J connectivity index is 0.00000196. The monoisotopic (exact) mass is 482 g/mol. The summed E-state index contributed by atoms with van der Waals surface area (Å²) in [6.45, 7) is 4.03. The lowest BCUT2D eigenvalue weighted by atomic mass is 9.81. The summed E-state index contributed by atoms with van der Waals surface area (Å²) in [7, 11) is 1.89. The number of benzene rings is 1. The van der Waals surface area contributed by atoms with Crippen LogP contribution >= 0.6 is 35.3 Å². The molecular formula is C20H27IN4S. The van der Waals surface area contributed by atoms with Gasteiger partial charge in [-0.3, -0.25) is 4.99 Å². The van der Waals surface area contributed by atoms with Gasteiger partial charge < -0.3 is 10.2 Å². The predicted molar refractivity (Wildman–Crippen MR) is 121 cm³/mol. The molecule has 0 saturated heterocycles. The topological polar surface area (TPSA) is 40.5 Å². The number of hydrogen-bond donors (Lipinski definition) is 1. The van der Waals surface area contributed by atoms with Gasteiger partial charge in [-0.2, -0.15) is 0 Å². The predicted octanol–water partition coefficient (Wildman–Crippen LogP) is 4.52. The Morgan fingerprint density at radius 2 is 2.08 bits per heavy atom. The van der Waals surface area contributed by atoms with Crippen LogP contribution in [0.2, 0.25) is 0 Å². The van der Waals surface area contributed by atoms with E-state index in [2.05, 4.69) is 51.4 Å². The maximum absolute atomic E-state index is 4.57. The molecule has 0 unspecified atom stereocenters. The van der Waals surface area contributed by atoms with Crippen molar-refractivity contribution in [3.05, 3.63) is 45.9 Å². The molecule has 4 rings (SSSR count). The zero-order valence-corrected chi connectivity index (χ0v) is 18.6. The van der Waals surface area contributed by atoms with E-state index in [1.54, 1.807) is 11.3 Å². The Hall–Kier alpha value is -1.15. The van der Waals surface area contributed by atoms with E-state index in [4.69, 9.17) is 0 Å². The van der Waals surface area contributed by atoms with Crippen molar-refractivity contribution >= 4 is 47.0 Å². The second-order valence-electron chi connectivity index (χ2n) is 7.18. The minimum absolute atomic E-state index is 0. The van der Waals surface area contributed by atoms with Crippen LogP contribution in [0.3, 0.4) is 0 Å². The number of anilines is 1. The summed E-state index contributed by atoms with van der Waals surface area (Å²) >= 11 is 1.78. The zero-order valence-electron chi connectivity index (χ0n) is 15.5. The number of aryl methyl sites for hydroxylation is 1. The van der Waals surface area contributed by atoms with E-state index in [1.165, 1.54) is 46.8 Å². The van der Waals surface area contributed by atoms with Crippen molar-refractivity contribution in [3.8, 4) is 0 Å². The van der Waals surface area contributed by atoms with Crippen LogP contribution in [0.15, 0.2) is 35.5 Å². The van der Waals surface area contributed by atoms with E-state index < -0.39 is 0 Å². The first kappa shape index (κ1) is 19.6. The zero-order chi connectivity index (χ0) is 17.3. The van der Waals surface area contributed by atoms with E-state index in [1.807, 2.05) is 13.2 Å². The maximum Gasteiger partial charge on any atom is 0.198 e.